The minimum absolute atomic E-state index is 0.0181. The highest BCUT2D eigenvalue weighted by atomic mass is 35.5. The van der Waals surface area contributed by atoms with Crippen LogP contribution in [0.1, 0.15) is 21.9 Å². The van der Waals surface area contributed by atoms with Crippen molar-refractivity contribution in [1.29, 1.82) is 0 Å². The summed E-state index contributed by atoms with van der Waals surface area (Å²) in [5.41, 5.74) is 2.52. The zero-order chi connectivity index (χ0) is 13.4. The highest BCUT2D eigenvalue weighted by Crippen LogP contribution is 2.40. The van der Waals surface area contributed by atoms with Gasteiger partial charge in [0.2, 0.25) is 5.91 Å². The predicted molar refractivity (Wildman–Crippen MR) is 81.1 cm³/mol. The fraction of sp³-hybridized carbons (Fsp3) is 0.214. The van der Waals surface area contributed by atoms with E-state index in [0.29, 0.717) is 13.1 Å². The molecule has 0 spiro atoms. The largest absolute Gasteiger partial charge is 0.333 e. The molecule has 0 fully saturated rings. The van der Waals surface area contributed by atoms with E-state index < -0.39 is 0 Å². The molecule has 0 aromatic carbocycles. The lowest BCUT2D eigenvalue weighted by Crippen LogP contribution is -2.36. The Morgan fingerprint density at radius 1 is 1.58 bits per heavy atom. The second-order valence-electron chi connectivity index (χ2n) is 4.46. The van der Waals surface area contributed by atoms with E-state index in [1.807, 2.05) is 11.0 Å². The minimum Gasteiger partial charge on any atom is -0.333 e. The summed E-state index contributed by atoms with van der Waals surface area (Å²) in [6.07, 6.45) is 1.38. The van der Waals surface area contributed by atoms with Crippen molar-refractivity contribution in [3.63, 3.8) is 0 Å². The van der Waals surface area contributed by atoms with E-state index in [9.17, 15) is 4.79 Å². The molecule has 3 heterocycles. The summed E-state index contributed by atoms with van der Waals surface area (Å²) in [4.78, 5) is 14.9. The number of amides is 1. The second-order valence-corrected chi connectivity index (χ2v) is 7.01. The molecule has 1 amide bonds. The van der Waals surface area contributed by atoms with Gasteiger partial charge in [-0.2, -0.15) is 11.3 Å². The Bertz CT molecular complexity index is 617. The Morgan fingerprint density at radius 3 is 3.11 bits per heavy atom. The molecule has 0 aliphatic carbocycles. The van der Waals surface area contributed by atoms with Crippen LogP contribution in [0, 0.1) is 0 Å². The van der Waals surface area contributed by atoms with Crippen LogP contribution in [-0.2, 0) is 11.3 Å². The van der Waals surface area contributed by atoms with Gasteiger partial charge in [-0.1, -0.05) is 18.2 Å². The van der Waals surface area contributed by atoms with Crippen LogP contribution in [0.25, 0.3) is 0 Å². The van der Waals surface area contributed by atoms with Gasteiger partial charge in [-0.05, 0) is 40.1 Å². The highest BCUT2D eigenvalue weighted by molar-refractivity contribution is 7.16. The number of hydrogen-bond acceptors (Lipinski definition) is 3. The summed E-state index contributed by atoms with van der Waals surface area (Å²) in [5, 5.41) is 4.21. The number of halogens is 1. The van der Waals surface area contributed by atoms with Crippen molar-refractivity contribution >= 4 is 40.2 Å². The number of fused-ring (bicyclic) bond motifs is 1. The Kier molecular flexibility index (Phi) is 3.48. The lowest BCUT2D eigenvalue weighted by molar-refractivity contribution is -0.127. The molecule has 0 saturated carbocycles. The SMILES string of the molecule is C=CC(=O)N1Cc2sc(Cl)cc2C(c2ccsc2)C1. The zero-order valence-electron chi connectivity index (χ0n) is 10.1. The molecule has 2 aromatic rings. The molecular weight excluding hydrogens is 298 g/mol. The molecular formula is C14H12ClNOS2. The summed E-state index contributed by atoms with van der Waals surface area (Å²) in [6, 6.07) is 4.16. The molecule has 5 heteroatoms. The quantitative estimate of drug-likeness (QED) is 0.764. The molecule has 2 nitrogen and oxygen atoms in total. The Labute approximate surface area is 124 Å². The maximum absolute atomic E-state index is 11.9. The molecule has 98 valence electrons. The Balaban J connectivity index is 2.02. The van der Waals surface area contributed by atoms with Crippen molar-refractivity contribution in [3.05, 3.63) is 55.9 Å². The van der Waals surface area contributed by atoms with E-state index in [4.69, 9.17) is 11.6 Å². The van der Waals surface area contributed by atoms with E-state index in [1.165, 1.54) is 22.1 Å². The van der Waals surface area contributed by atoms with Gasteiger partial charge >= 0.3 is 0 Å². The van der Waals surface area contributed by atoms with Crippen molar-refractivity contribution < 1.29 is 4.79 Å². The Morgan fingerprint density at radius 2 is 2.42 bits per heavy atom. The van der Waals surface area contributed by atoms with Gasteiger partial charge in [-0.3, -0.25) is 4.79 Å². The van der Waals surface area contributed by atoms with Crippen LogP contribution >= 0.6 is 34.3 Å². The minimum atomic E-state index is -0.0181. The summed E-state index contributed by atoms with van der Waals surface area (Å²) in [7, 11) is 0. The third-order valence-electron chi connectivity index (χ3n) is 3.36. The topological polar surface area (TPSA) is 20.3 Å². The number of hydrogen-bond donors (Lipinski definition) is 0. The van der Waals surface area contributed by atoms with E-state index in [0.717, 1.165) is 4.34 Å². The van der Waals surface area contributed by atoms with Gasteiger partial charge in [0, 0.05) is 17.3 Å². The number of carbonyl (C=O) groups excluding carboxylic acids is 1. The highest BCUT2D eigenvalue weighted by Gasteiger charge is 2.30. The van der Waals surface area contributed by atoms with E-state index in [2.05, 4.69) is 23.4 Å². The van der Waals surface area contributed by atoms with Crippen molar-refractivity contribution in [3.8, 4) is 0 Å². The first kappa shape index (κ1) is 12.9. The maximum Gasteiger partial charge on any atom is 0.246 e. The molecule has 2 aromatic heterocycles. The summed E-state index contributed by atoms with van der Waals surface area (Å²) in [5.74, 6) is 0.207. The van der Waals surface area contributed by atoms with Gasteiger partial charge in [0.1, 0.15) is 0 Å². The normalized spacial score (nSPS) is 18.2. The number of nitrogens with zero attached hydrogens (tertiary/aromatic N) is 1. The number of thiophene rings is 2. The van der Waals surface area contributed by atoms with Crippen LogP contribution in [0.3, 0.4) is 0 Å². The van der Waals surface area contributed by atoms with Crippen LogP contribution < -0.4 is 0 Å². The van der Waals surface area contributed by atoms with E-state index >= 15 is 0 Å². The summed E-state index contributed by atoms with van der Waals surface area (Å²) < 4.78 is 0.790. The molecule has 0 N–H and O–H groups in total. The maximum atomic E-state index is 11.9. The van der Waals surface area contributed by atoms with E-state index in [-0.39, 0.29) is 11.8 Å². The zero-order valence-corrected chi connectivity index (χ0v) is 12.5. The molecule has 19 heavy (non-hydrogen) atoms. The van der Waals surface area contributed by atoms with Gasteiger partial charge in [0.25, 0.3) is 0 Å². The molecule has 0 bridgehead atoms. The van der Waals surface area contributed by atoms with Gasteiger partial charge in [0.05, 0.1) is 10.9 Å². The molecule has 1 atom stereocenters. The third kappa shape index (κ3) is 2.36. The Hall–Kier alpha value is -1.10. The third-order valence-corrected chi connectivity index (χ3v) is 5.32. The summed E-state index contributed by atoms with van der Waals surface area (Å²) in [6.45, 7) is 4.91. The lowest BCUT2D eigenvalue weighted by atomic mass is 9.90. The number of rotatable bonds is 2. The average molecular weight is 310 g/mol. The molecule has 3 rings (SSSR count). The van der Waals surface area contributed by atoms with E-state index in [1.54, 1.807) is 22.7 Å². The second kappa shape index (κ2) is 5.12. The van der Waals surface area contributed by atoms with Gasteiger partial charge < -0.3 is 4.90 Å². The van der Waals surface area contributed by atoms with Crippen LogP contribution in [0.5, 0.6) is 0 Å². The smallest absolute Gasteiger partial charge is 0.246 e. The average Bonchev–Trinajstić information content (AvgIpc) is 3.04. The summed E-state index contributed by atoms with van der Waals surface area (Å²) >= 11 is 9.38. The molecule has 1 unspecified atom stereocenters. The lowest BCUT2D eigenvalue weighted by Gasteiger charge is -2.32. The first-order valence-corrected chi connectivity index (χ1v) is 8.04. The molecule has 0 saturated heterocycles. The molecule has 0 radical (unpaired) electrons. The fourth-order valence-electron chi connectivity index (χ4n) is 2.44. The molecule has 1 aliphatic heterocycles. The van der Waals surface area contributed by atoms with Crippen molar-refractivity contribution in [2.75, 3.05) is 6.54 Å². The standard InChI is InChI=1S/C14H12ClNOS2/c1-2-14(17)16-6-11(9-3-4-18-8-9)10-5-13(15)19-12(10)7-16/h2-5,8,11H,1,6-7H2. The molecule has 1 aliphatic rings. The number of carbonyl (C=O) groups is 1. The predicted octanol–water partition coefficient (Wildman–Crippen LogP) is 4.12. The monoisotopic (exact) mass is 309 g/mol. The van der Waals surface area contributed by atoms with Crippen LogP contribution in [0.2, 0.25) is 4.34 Å². The fourth-order valence-corrected chi connectivity index (χ4v) is 4.51. The van der Waals surface area contributed by atoms with Crippen molar-refractivity contribution in [2.24, 2.45) is 0 Å². The van der Waals surface area contributed by atoms with Gasteiger partial charge in [-0.15, -0.1) is 11.3 Å². The van der Waals surface area contributed by atoms with Crippen LogP contribution in [-0.4, -0.2) is 17.4 Å². The van der Waals surface area contributed by atoms with Crippen LogP contribution in [0.4, 0.5) is 0 Å². The van der Waals surface area contributed by atoms with Gasteiger partial charge in [-0.25, -0.2) is 0 Å². The van der Waals surface area contributed by atoms with Gasteiger partial charge in [0.15, 0.2) is 0 Å². The van der Waals surface area contributed by atoms with Crippen molar-refractivity contribution in [1.82, 2.24) is 4.90 Å². The van der Waals surface area contributed by atoms with Crippen molar-refractivity contribution in [2.45, 2.75) is 12.5 Å². The first-order valence-electron chi connectivity index (χ1n) is 5.90. The first-order chi connectivity index (χ1) is 9.19. The van der Waals surface area contributed by atoms with Crippen LogP contribution in [0.15, 0.2) is 35.5 Å².